The van der Waals surface area contributed by atoms with Crippen LogP contribution in [0.4, 0.5) is 5.69 Å². The van der Waals surface area contributed by atoms with Gasteiger partial charge in [0.1, 0.15) is 5.75 Å². The molecule has 2 saturated carbocycles. The number of rotatable bonds is 3. The number of nitrogens with one attached hydrogen (secondary N) is 1. The number of fused-ring (bicyclic) bond motifs is 1. The highest BCUT2D eigenvalue weighted by atomic mass is 16.5. The van der Waals surface area contributed by atoms with Crippen LogP contribution in [0.5, 0.6) is 5.75 Å². The van der Waals surface area contributed by atoms with Crippen molar-refractivity contribution in [2.45, 2.75) is 56.6 Å². The quantitative estimate of drug-likeness (QED) is 0.886. The van der Waals surface area contributed by atoms with Crippen LogP contribution in [-0.4, -0.2) is 23.9 Å². The topological polar surface area (TPSA) is 41.5 Å². The molecule has 2 aliphatic rings. The lowest BCUT2D eigenvalue weighted by Gasteiger charge is -2.49. The fraction of sp³-hybridized carbons (Fsp3) is 0.647. The standard InChI is InChI=1S/C17H25NO2/c1-20-15-10-3-2-9-14(15)18-16-11-6-8-13-7-4-5-12-17(13,16)19/h2-3,9-10,13,16,18-19H,4-8,11-12H2,1H3/t13-,16+,17+/m1/s1. The zero-order valence-electron chi connectivity index (χ0n) is 12.3. The fourth-order valence-electron chi connectivity index (χ4n) is 4.07. The van der Waals surface area contributed by atoms with E-state index in [9.17, 15) is 5.11 Å². The molecule has 1 aromatic rings. The first kappa shape index (κ1) is 13.7. The summed E-state index contributed by atoms with van der Waals surface area (Å²) in [6.07, 6.45) is 7.97. The van der Waals surface area contributed by atoms with E-state index in [0.717, 1.165) is 30.7 Å². The molecule has 2 aliphatic carbocycles. The highest BCUT2D eigenvalue weighted by Crippen LogP contribution is 2.45. The van der Waals surface area contributed by atoms with E-state index < -0.39 is 5.60 Å². The molecule has 3 heteroatoms. The third-order valence-corrected chi connectivity index (χ3v) is 5.17. The number of hydrogen-bond acceptors (Lipinski definition) is 3. The van der Waals surface area contributed by atoms with Crippen LogP contribution in [0.3, 0.4) is 0 Å². The smallest absolute Gasteiger partial charge is 0.141 e. The van der Waals surface area contributed by atoms with Gasteiger partial charge in [-0.1, -0.05) is 31.4 Å². The summed E-state index contributed by atoms with van der Waals surface area (Å²) in [5.41, 5.74) is 0.469. The van der Waals surface area contributed by atoms with Gasteiger partial charge in [0.15, 0.2) is 0 Å². The van der Waals surface area contributed by atoms with Crippen LogP contribution in [-0.2, 0) is 0 Å². The number of benzene rings is 1. The Labute approximate surface area is 121 Å². The van der Waals surface area contributed by atoms with Crippen LogP contribution in [0.25, 0.3) is 0 Å². The van der Waals surface area contributed by atoms with Gasteiger partial charge < -0.3 is 15.2 Å². The van der Waals surface area contributed by atoms with Crippen molar-refractivity contribution >= 4 is 5.69 Å². The minimum atomic E-state index is -0.530. The van der Waals surface area contributed by atoms with Gasteiger partial charge in [-0.15, -0.1) is 0 Å². The zero-order valence-corrected chi connectivity index (χ0v) is 12.3. The number of methoxy groups -OCH3 is 1. The Bertz CT molecular complexity index is 460. The molecule has 0 aromatic heterocycles. The maximum absolute atomic E-state index is 11.2. The van der Waals surface area contributed by atoms with E-state index in [-0.39, 0.29) is 6.04 Å². The van der Waals surface area contributed by atoms with Crippen LogP contribution in [0, 0.1) is 5.92 Å². The van der Waals surface area contributed by atoms with Crippen molar-refractivity contribution in [3.8, 4) is 5.75 Å². The Balaban J connectivity index is 1.81. The van der Waals surface area contributed by atoms with Crippen molar-refractivity contribution in [1.29, 1.82) is 0 Å². The predicted molar refractivity (Wildman–Crippen MR) is 81.2 cm³/mol. The Kier molecular flexibility index (Phi) is 3.88. The van der Waals surface area contributed by atoms with Gasteiger partial charge in [-0.25, -0.2) is 0 Å². The van der Waals surface area contributed by atoms with E-state index in [4.69, 9.17) is 4.74 Å². The Morgan fingerprint density at radius 1 is 1.15 bits per heavy atom. The number of ether oxygens (including phenoxy) is 1. The van der Waals surface area contributed by atoms with Crippen molar-refractivity contribution in [3.63, 3.8) is 0 Å². The Hall–Kier alpha value is -1.22. The fourth-order valence-corrected chi connectivity index (χ4v) is 4.07. The molecule has 3 atom stereocenters. The van der Waals surface area contributed by atoms with E-state index in [2.05, 4.69) is 5.32 Å². The molecule has 0 spiro atoms. The summed E-state index contributed by atoms with van der Waals surface area (Å²) in [7, 11) is 1.69. The summed E-state index contributed by atoms with van der Waals surface area (Å²) < 4.78 is 5.41. The first-order chi connectivity index (χ1) is 9.74. The van der Waals surface area contributed by atoms with Crippen LogP contribution >= 0.6 is 0 Å². The molecule has 3 rings (SSSR count). The van der Waals surface area contributed by atoms with Gasteiger partial charge in [-0.2, -0.15) is 0 Å². The van der Waals surface area contributed by atoms with Crippen LogP contribution in [0.2, 0.25) is 0 Å². The number of aliphatic hydroxyl groups is 1. The molecular weight excluding hydrogens is 250 g/mol. The molecule has 0 amide bonds. The summed E-state index contributed by atoms with van der Waals surface area (Å²) >= 11 is 0. The lowest BCUT2D eigenvalue weighted by Crippen LogP contribution is -2.56. The van der Waals surface area contributed by atoms with Gasteiger partial charge in [-0.05, 0) is 43.7 Å². The highest BCUT2D eigenvalue weighted by molar-refractivity contribution is 5.57. The second kappa shape index (κ2) is 5.65. The molecular formula is C17H25NO2. The average molecular weight is 275 g/mol. The van der Waals surface area contributed by atoms with E-state index in [0.29, 0.717) is 5.92 Å². The average Bonchev–Trinajstić information content (AvgIpc) is 2.48. The summed E-state index contributed by atoms with van der Waals surface area (Å²) in [5.74, 6) is 1.33. The molecule has 2 N–H and O–H groups in total. The van der Waals surface area contributed by atoms with Crippen molar-refractivity contribution < 1.29 is 9.84 Å². The summed E-state index contributed by atoms with van der Waals surface area (Å²) in [6, 6.07) is 8.14. The molecule has 0 bridgehead atoms. The van der Waals surface area contributed by atoms with E-state index in [1.165, 1.54) is 25.7 Å². The van der Waals surface area contributed by atoms with Gasteiger partial charge in [0.25, 0.3) is 0 Å². The predicted octanol–water partition coefficient (Wildman–Crippen LogP) is 3.58. The highest BCUT2D eigenvalue weighted by Gasteiger charge is 2.47. The van der Waals surface area contributed by atoms with Crippen LogP contribution in [0.15, 0.2) is 24.3 Å². The second-order valence-electron chi connectivity index (χ2n) is 6.26. The monoisotopic (exact) mass is 275 g/mol. The molecule has 0 unspecified atom stereocenters. The third kappa shape index (κ3) is 2.39. The van der Waals surface area contributed by atoms with E-state index >= 15 is 0 Å². The zero-order chi connectivity index (χ0) is 14.0. The minimum Gasteiger partial charge on any atom is -0.495 e. The van der Waals surface area contributed by atoms with Crippen LogP contribution in [0.1, 0.15) is 44.9 Å². The number of hydrogen-bond donors (Lipinski definition) is 2. The SMILES string of the molecule is COc1ccccc1N[C@H]1CCC[C@H]2CCCC[C@]21O. The molecule has 1 aromatic carbocycles. The molecule has 2 fully saturated rings. The first-order valence-corrected chi connectivity index (χ1v) is 7.86. The Morgan fingerprint density at radius 2 is 1.95 bits per heavy atom. The van der Waals surface area contributed by atoms with Gasteiger partial charge in [0.2, 0.25) is 0 Å². The third-order valence-electron chi connectivity index (χ3n) is 5.17. The maximum atomic E-state index is 11.2. The summed E-state index contributed by atoms with van der Waals surface area (Å²) in [4.78, 5) is 0. The molecule has 110 valence electrons. The Morgan fingerprint density at radius 3 is 2.80 bits per heavy atom. The molecule has 0 aliphatic heterocycles. The van der Waals surface area contributed by atoms with E-state index in [1.807, 2.05) is 24.3 Å². The van der Waals surface area contributed by atoms with Gasteiger partial charge >= 0.3 is 0 Å². The molecule has 0 radical (unpaired) electrons. The van der Waals surface area contributed by atoms with Gasteiger partial charge in [0.05, 0.1) is 24.4 Å². The minimum absolute atomic E-state index is 0.151. The van der Waals surface area contributed by atoms with Gasteiger partial charge in [0, 0.05) is 0 Å². The summed E-state index contributed by atoms with van der Waals surface area (Å²) in [5, 5.41) is 14.7. The lowest BCUT2D eigenvalue weighted by molar-refractivity contribution is -0.0835. The van der Waals surface area contributed by atoms with Crippen molar-refractivity contribution in [2.24, 2.45) is 5.92 Å². The normalized spacial score (nSPS) is 33.3. The van der Waals surface area contributed by atoms with Crippen molar-refractivity contribution in [2.75, 3.05) is 12.4 Å². The van der Waals surface area contributed by atoms with Crippen molar-refractivity contribution in [1.82, 2.24) is 0 Å². The number of anilines is 1. The largest absolute Gasteiger partial charge is 0.495 e. The molecule has 0 saturated heterocycles. The lowest BCUT2D eigenvalue weighted by atomic mass is 9.65. The second-order valence-corrected chi connectivity index (χ2v) is 6.26. The van der Waals surface area contributed by atoms with Crippen molar-refractivity contribution in [3.05, 3.63) is 24.3 Å². The molecule has 3 nitrogen and oxygen atoms in total. The molecule has 0 heterocycles. The first-order valence-electron chi connectivity index (χ1n) is 7.86. The number of para-hydroxylation sites is 2. The molecule has 20 heavy (non-hydrogen) atoms. The maximum Gasteiger partial charge on any atom is 0.141 e. The van der Waals surface area contributed by atoms with E-state index in [1.54, 1.807) is 7.11 Å². The van der Waals surface area contributed by atoms with Gasteiger partial charge in [-0.3, -0.25) is 0 Å². The van der Waals surface area contributed by atoms with Crippen LogP contribution < -0.4 is 10.1 Å². The summed E-state index contributed by atoms with van der Waals surface area (Å²) in [6.45, 7) is 0.